The summed E-state index contributed by atoms with van der Waals surface area (Å²) >= 11 is 0. The number of carbonyl (C=O) groups excluding carboxylic acids is 1. The van der Waals surface area contributed by atoms with Crippen LogP contribution in [-0.2, 0) is 0 Å². The van der Waals surface area contributed by atoms with E-state index in [1.165, 1.54) is 44.9 Å². The Bertz CT molecular complexity index is 661. The number of phenolic OH excluding ortho intramolecular Hbond substituents is 1. The summed E-state index contributed by atoms with van der Waals surface area (Å²) in [5.74, 6) is 0.133. The summed E-state index contributed by atoms with van der Waals surface area (Å²) < 4.78 is 0. The molecule has 2 aromatic rings. The van der Waals surface area contributed by atoms with Crippen LogP contribution in [0.5, 0.6) is 5.75 Å². The third-order valence-corrected chi connectivity index (χ3v) is 4.91. The molecule has 2 rings (SSSR count). The van der Waals surface area contributed by atoms with Crippen molar-refractivity contribution < 1.29 is 9.90 Å². The summed E-state index contributed by atoms with van der Waals surface area (Å²) in [7, 11) is 0. The summed E-state index contributed by atoms with van der Waals surface area (Å²) in [6, 6.07) is 15.3. The normalized spacial score (nSPS) is 10.8. The topological polar surface area (TPSA) is 37.3 Å². The van der Waals surface area contributed by atoms with Gasteiger partial charge in [0.2, 0.25) is 0 Å². The van der Waals surface area contributed by atoms with Crippen molar-refractivity contribution in [3.8, 4) is 16.9 Å². The molecule has 0 aliphatic rings. The van der Waals surface area contributed by atoms with E-state index in [4.69, 9.17) is 0 Å². The summed E-state index contributed by atoms with van der Waals surface area (Å²) in [6.45, 7) is 2.24. The molecule has 0 aliphatic carbocycles. The Kier molecular flexibility index (Phi) is 8.95. The average Bonchev–Trinajstić information content (AvgIpc) is 2.67. The van der Waals surface area contributed by atoms with Crippen molar-refractivity contribution >= 4 is 5.78 Å². The molecule has 0 saturated heterocycles. The van der Waals surface area contributed by atoms with Crippen molar-refractivity contribution in [1.82, 2.24) is 0 Å². The number of benzene rings is 2. The number of aromatic hydroxyl groups is 1. The van der Waals surface area contributed by atoms with E-state index in [1.54, 1.807) is 6.07 Å². The highest BCUT2D eigenvalue weighted by molar-refractivity contribution is 5.99. The lowest BCUT2D eigenvalue weighted by Gasteiger charge is -2.08. The molecule has 0 atom stereocenters. The van der Waals surface area contributed by atoms with Crippen LogP contribution in [0.15, 0.2) is 48.5 Å². The van der Waals surface area contributed by atoms with Gasteiger partial charge in [-0.3, -0.25) is 4.79 Å². The minimum Gasteiger partial charge on any atom is -0.507 e. The number of rotatable bonds is 12. The maximum Gasteiger partial charge on any atom is 0.166 e. The van der Waals surface area contributed by atoms with E-state index in [9.17, 15) is 9.90 Å². The minimum atomic E-state index is 0.0447. The summed E-state index contributed by atoms with van der Waals surface area (Å²) in [5.41, 5.74) is 2.48. The van der Waals surface area contributed by atoms with Gasteiger partial charge in [-0.15, -0.1) is 0 Å². The molecule has 2 aromatic carbocycles. The summed E-state index contributed by atoms with van der Waals surface area (Å²) in [6.07, 6.45) is 11.6. The monoisotopic (exact) mass is 352 g/mol. The van der Waals surface area contributed by atoms with Crippen molar-refractivity contribution in [2.45, 2.75) is 71.1 Å². The lowest BCUT2D eigenvalue weighted by atomic mass is 9.98. The molecule has 0 amide bonds. The van der Waals surface area contributed by atoms with Gasteiger partial charge in [0, 0.05) is 6.42 Å². The number of hydrogen-bond acceptors (Lipinski definition) is 2. The molecule has 0 saturated carbocycles. The molecule has 1 N–H and O–H groups in total. The first kappa shape index (κ1) is 20.2. The Labute approximate surface area is 158 Å². The molecule has 140 valence electrons. The van der Waals surface area contributed by atoms with Gasteiger partial charge in [-0.1, -0.05) is 94.7 Å². The molecule has 0 fully saturated rings. The van der Waals surface area contributed by atoms with E-state index in [-0.39, 0.29) is 11.5 Å². The number of Topliss-reactive ketones (excluding diaryl/α,β-unsaturated/α-hetero) is 1. The van der Waals surface area contributed by atoms with Crippen LogP contribution in [0, 0.1) is 0 Å². The van der Waals surface area contributed by atoms with E-state index in [0.29, 0.717) is 12.0 Å². The zero-order chi connectivity index (χ0) is 18.6. The third-order valence-electron chi connectivity index (χ3n) is 4.91. The quantitative estimate of drug-likeness (QED) is 0.325. The maximum absolute atomic E-state index is 12.5. The van der Waals surface area contributed by atoms with Crippen LogP contribution in [0.25, 0.3) is 11.1 Å². The van der Waals surface area contributed by atoms with Gasteiger partial charge < -0.3 is 5.11 Å². The second kappa shape index (κ2) is 11.5. The number of carbonyl (C=O) groups is 1. The Morgan fingerprint density at radius 2 is 1.38 bits per heavy atom. The Morgan fingerprint density at radius 3 is 2.04 bits per heavy atom. The Morgan fingerprint density at radius 1 is 0.769 bits per heavy atom. The highest BCUT2D eigenvalue weighted by atomic mass is 16.3. The van der Waals surface area contributed by atoms with E-state index in [2.05, 4.69) is 6.92 Å². The minimum absolute atomic E-state index is 0.0447. The first-order chi connectivity index (χ1) is 12.7. The summed E-state index contributed by atoms with van der Waals surface area (Å²) in [4.78, 5) is 12.5. The van der Waals surface area contributed by atoms with Gasteiger partial charge in [-0.25, -0.2) is 0 Å². The Balaban J connectivity index is 1.77. The zero-order valence-electron chi connectivity index (χ0n) is 16.0. The van der Waals surface area contributed by atoms with E-state index >= 15 is 0 Å². The molecule has 0 bridgehead atoms. The van der Waals surface area contributed by atoms with Crippen LogP contribution in [0.2, 0.25) is 0 Å². The lowest BCUT2D eigenvalue weighted by Crippen LogP contribution is -2.00. The van der Waals surface area contributed by atoms with Gasteiger partial charge in [0.05, 0.1) is 5.56 Å². The first-order valence-electron chi connectivity index (χ1n) is 10.1. The van der Waals surface area contributed by atoms with Crippen molar-refractivity contribution in [2.24, 2.45) is 0 Å². The SMILES string of the molecule is CCCCCCCCCCCC(=O)c1cc(-c2ccccc2)ccc1O. The fourth-order valence-corrected chi connectivity index (χ4v) is 3.30. The fourth-order valence-electron chi connectivity index (χ4n) is 3.30. The molecular weight excluding hydrogens is 320 g/mol. The van der Waals surface area contributed by atoms with Crippen LogP contribution >= 0.6 is 0 Å². The van der Waals surface area contributed by atoms with Crippen molar-refractivity contribution in [3.05, 3.63) is 54.1 Å². The lowest BCUT2D eigenvalue weighted by molar-refractivity contribution is 0.0976. The number of ketones is 1. The number of unbranched alkanes of at least 4 members (excludes halogenated alkanes) is 8. The highest BCUT2D eigenvalue weighted by Gasteiger charge is 2.12. The largest absolute Gasteiger partial charge is 0.507 e. The number of hydrogen-bond donors (Lipinski definition) is 1. The average molecular weight is 353 g/mol. The van der Waals surface area contributed by atoms with Gasteiger partial charge >= 0.3 is 0 Å². The molecule has 0 spiro atoms. The molecule has 0 aromatic heterocycles. The van der Waals surface area contributed by atoms with Gasteiger partial charge in [0.25, 0.3) is 0 Å². The first-order valence-corrected chi connectivity index (χ1v) is 10.1. The highest BCUT2D eigenvalue weighted by Crippen LogP contribution is 2.27. The van der Waals surface area contributed by atoms with Crippen LogP contribution in [0.1, 0.15) is 81.5 Å². The zero-order valence-corrected chi connectivity index (χ0v) is 16.0. The maximum atomic E-state index is 12.5. The second-order valence-electron chi connectivity index (χ2n) is 7.10. The molecule has 2 nitrogen and oxygen atoms in total. The molecule has 2 heteroatoms. The Hall–Kier alpha value is -2.09. The van der Waals surface area contributed by atoms with Gasteiger partial charge in [-0.05, 0) is 29.7 Å². The predicted molar refractivity (Wildman–Crippen MR) is 110 cm³/mol. The van der Waals surface area contributed by atoms with E-state index in [0.717, 1.165) is 24.0 Å². The number of phenols is 1. The van der Waals surface area contributed by atoms with Gasteiger partial charge in [-0.2, -0.15) is 0 Å². The van der Waals surface area contributed by atoms with Crippen LogP contribution in [0.4, 0.5) is 0 Å². The van der Waals surface area contributed by atoms with Gasteiger partial charge in [0.1, 0.15) is 5.75 Å². The van der Waals surface area contributed by atoms with Gasteiger partial charge in [0.15, 0.2) is 5.78 Å². The van der Waals surface area contributed by atoms with E-state index < -0.39 is 0 Å². The van der Waals surface area contributed by atoms with Crippen LogP contribution < -0.4 is 0 Å². The molecule has 0 radical (unpaired) electrons. The summed E-state index contributed by atoms with van der Waals surface area (Å²) in [5, 5.41) is 10.1. The third kappa shape index (κ3) is 6.67. The van der Waals surface area contributed by atoms with Crippen molar-refractivity contribution in [1.29, 1.82) is 0 Å². The molecule has 0 heterocycles. The molecular formula is C24H32O2. The standard InChI is InChI=1S/C24H32O2/c1-2-3-4-5-6-7-8-9-13-16-23(25)22-19-21(17-18-24(22)26)20-14-11-10-12-15-20/h10-12,14-15,17-19,26H,2-9,13,16H2,1H3. The second-order valence-corrected chi connectivity index (χ2v) is 7.10. The molecule has 26 heavy (non-hydrogen) atoms. The van der Waals surface area contributed by atoms with Crippen molar-refractivity contribution in [2.75, 3.05) is 0 Å². The van der Waals surface area contributed by atoms with Crippen LogP contribution in [-0.4, -0.2) is 10.9 Å². The molecule has 0 unspecified atom stereocenters. The predicted octanol–water partition coefficient (Wildman–Crippen LogP) is 7.16. The van der Waals surface area contributed by atoms with E-state index in [1.807, 2.05) is 42.5 Å². The molecule has 0 aliphatic heterocycles. The van der Waals surface area contributed by atoms with Crippen molar-refractivity contribution in [3.63, 3.8) is 0 Å². The fraction of sp³-hybridized carbons (Fsp3) is 0.458. The smallest absolute Gasteiger partial charge is 0.166 e. The van der Waals surface area contributed by atoms with Crippen LogP contribution in [0.3, 0.4) is 0 Å².